The van der Waals surface area contributed by atoms with E-state index < -0.39 is 0 Å². The molecule has 0 bridgehead atoms. The molecule has 0 N–H and O–H groups in total. The van der Waals surface area contributed by atoms with Crippen LogP contribution in [0, 0.1) is 0 Å². The molecule has 96 valence electrons. The second kappa shape index (κ2) is 7.29. The van der Waals surface area contributed by atoms with Crippen molar-refractivity contribution in [2.45, 2.75) is 6.61 Å². The molecule has 0 aliphatic rings. The molecule has 0 unspecified atom stereocenters. The first-order chi connectivity index (χ1) is 9.36. The van der Waals surface area contributed by atoms with Gasteiger partial charge in [-0.1, -0.05) is 66.7 Å². The number of hydrogen-bond acceptors (Lipinski definition) is 2. The van der Waals surface area contributed by atoms with Crippen LogP contribution >= 0.6 is 0 Å². The average molecular weight is 252 g/mol. The Kier molecular flexibility index (Phi) is 5.08. The van der Waals surface area contributed by atoms with E-state index in [0.717, 1.165) is 5.56 Å². The number of ether oxygens (including phenoxy) is 1. The molecular formula is C17H16O2. The summed E-state index contributed by atoms with van der Waals surface area (Å²) >= 11 is 0. The highest BCUT2D eigenvalue weighted by atomic mass is 16.5. The van der Waals surface area contributed by atoms with Crippen molar-refractivity contribution in [1.82, 2.24) is 0 Å². The molecule has 0 aliphatic heterocycles. The molecule has 0 fully saturated rings. The molecular weight excluding hydrogens is 236 g/mol. The van der Waals surface area contributed by atoms with E-state index in [4.69, 9.17) is 4.74 Å². The van der Waals surface area contributed by atoms with Gasteiger partial charge < -0.3 is 4.74 Å². The summed E-state index contributed by atoms with van der Waals surface area (Å²) in [4.78, 5) is 11.7. The first-order valence-corrected chi connectivity index (χ1v) is 6.24. The fraction of sp³-hybridized carbons (Fsp3) is 0.118. The van der Waals surface area contributed by atoms with Crippen LogP contribution in [0.5, 0.6) is 0 Å². The quantitative estimate of drug-likeness (QED) is 0.445. The molecule has 0 aliphatic carbocycles. The van der Waals surface area contributed by atoms with Gasteiger partial charge in [-0.3, -0.25) is 4.79 Å². The van der Waals surface area contributed by atoms with E-state index in [1.54, 1.807) is 24.3 Å². The Bertz CT molecular complexity index is 530. The zero-order chi connectivity index (χ0) is 13.3. The molecule has 0 spiro atoms. The summed E-state index contributed by atoms with van der Waals surface area (Å²) in [5, 5.41) is 0. The zero-order valence-corrected chi connectivity index (χ0v) is 10.7. The second-order valence-corrected chi connectivity index (χ2v) is 4.13. The van der Waals surface area contributed by atoms with Gasteiger partial charge >= 0.3 is 0 Å². The van der Waals surface area contributed by atoms with Gasteiger partial charge in [0.2, 0.25) is 0 Å². The third kappa shape index (κ3) is 4.53. The first kappa shape index (κ1) is 13.2. The van der Waals surface area contributed by atoms with Crippen LogP contribution in [0.15, 0.2) is 72.8 Å². The van der Waals surface area contributed by atoms with Gasteiger partial charge in [-0.05, 0) is 11.6 Å². The van der Waals surface area contributed by atoms with E-state index in [1.807, 2.05) is 48.5 Å². The van der Waals surface area contributed by atoms with Crippen molar-refractivity contribution in [2.75, 3.05) is 6.61 Å². The fourth-order valence-electron chi connectivity index (χ4n) is 1.67. The Morgan fingerprint density at radius 2 is 1.58 bits per heavy atom. The molecule has 0 saturated carbocycles. The summed E-state index contributed by atoms with van der Waals surface area (Å²) in [6, 6.07) is 19.2. The van der Waals surface area contributed by atoms with Crippen LogP contribution in [0.3, 0.4) is 0 Å². The molecule has 0 atom stereocenters. The lowest BCUT2D eigenvalue weighted by Gasteiger charge is -2.00. The highest BCUT2D eigenvalue weighted by molar-refractivity contribution is 6.04. The molecule has 2 nitrogen and oxygen atoms in total. The number of benzene rings is 2. The zero-order valence-electron chi connectivity index (χ0n) is 10.7. The van der Waals surface area contributed by atoms with Crippen LogP contribution < -0.4 is 0 Å². The van der Waals surface area contributed by atoms with Crippen LogP contribution in [0.4, 0.5) is 0 Å². The normalized spacial score (nSPS) is 10.7. The molecule has 0 saturated heterocycles. The third-order valence-electron chi connectivity index (χ3n) is 2.65. The Balaban J connectivity index is 1.74. The maximum atomic E-state index is 11.7. The van der Waals surface area contributed by atoms with Gasteiger partial charge in [-0.2, -0.15) is 0 Å². The Morgan fingerprint density at radius 1 is 0.947 bits per heavy atom. The molecule has 2 heteroatoms. The highest BCUT2D eigenvalue weighted by Crippen LogP contribution is 2.02. The SMILES string of the molecule is O=C(/C=C/COCc1ccccc1)c1ccccc1. The van der Waals surface area contributed by atoms with E-state index in [1.165, 1.54) is 0 Å². The van der Waals surface area contributed by atoms with Crippen molar-refractivity contribution in [2.24, 2.45) is 0 Å². The lowest BCUT2D eigenvalue weighted by atomic mass is 10.1. The van der Waals surface area contributed by atoms with E-state index in [-0.39, 0.29) is 5.78 Å². The van der Waals surface area contributed by atoms with Gasteiger partial charge in [0.1, 0.15) is 0 Å². The van der Waals surface area contributed by atoms with Crippen molar-refractivity contribution < 1.29 is 9.53 Å². The number of carbonyl (C=O) groups excluding carboxylic acids is 1. The van der Waals surface area contributed by atoms with E-state index in [0.29, 0.717) is 18.8 Å². The lowest BCUT2D eigenvalue weighted by Crippen LogP contribution is -1.96. The second-order valence-electron chi connectivity index (χ2n) is 4.13. The van der Waals surface area contributed by atoms with Crippen molar-refractivity contribution >= 4 is 5.78 Å². The van der Waals surface area contributed by atoms with Crippen molar-refractivity contribution in [3.63, 3.8) is 0 Å². The van der Waals surface area contributed by atoms with Crippen LogP contribution in [0.2, 0.25) is 0 Å². The van der Waals surface area contributed by atoms with Crippen molar-refractivity contribution in [3.05, 3.63) is 83.9 Å². The molecule has 0 heterocycles. The van der Waals surface area contributed by atoms with Crippen LogP contribution in [-0.2, 0) is 11.3 Å². The number of allylic oxidation sites excluding steroid dienone is 1. The minimum Gasteiger partial charge on any atom is -0.373 e. The number of rotatable bonds is 6. The van der Waals surface area contributed by atoms with E-state index in [9.17, 15) is 4.79 Å². The molecule has 0 amide bonds. The molecule has 2 aromatic carbocycles. The van der Waals surface area contributed by atoms with Gasteiger partial charge in [0.25, 0.3) is 0 Å². The predicted molar refractivity (Wildman–Crippen MR) is 76.0 cm³/mol. The van der Waals surface area contributed by atoms with Gasteiger partial charge in [-0.15, -0.1) is 0 Å². The summed E-state index contributed by atoms with van der Waals surface area (Å²) in [5.41, 5.74) is 1.83. The highest BCUT2D eigenvalue weighted by Gasteiger charge is 1.98. The van der Waals surface area contributed by atoms with Crippen molar-refractivity contribution in [1.29, 1.82) is 0 Å². The summed E-state index contributed by atoms with van der Waals surface area (Å²) in [6.45, 7) is 0.998. The number of ketones is 1. The molecule has 19 heavy (non-hydrogen) atoms. The average Bonchev–Trinajstić information content (AvgIpc) is 2.49. The Hall–Kier alpha value is -2.19. The van der Waals surface area contributed by atoms with Crippen LogP contribution in [0.1, 0.15) is 15.9 Å². The molecule has 2 rings (SSSR count). The van der Waals surface area contributed by atoms with Gasteiger partial charge in [0.05, 0.1) is 13.2 Å². The standard InChI is InChI=1S/C17H16O2/c18-17(16-10-5-2-6-11-16)12-7-13-19-14-15-8-3-1-4-9-15/h1-12H,13-14H2/b12-7+. The summed E-state index contributed by atoms with van der Waals surface area (Å²) in [6.07, 6.45) is 3.30. The Labute approximate surface area is 113 Å². The topological polar surface area (TPSA) is 26.3 Å². The minimum atomic E-state index is 0.00362. The fourth-order valence-corrected chi connectivity index (χ4v) is 1.67. The predicted octanol–water partition coefficient (Wildman–Crippen LogP) is 3.64. The monoisotopic (exact) mass is 252 g/mol. The number of carbonyl (C=O) groups is 1. The first-order valence-electron chi connectivity index (χ1n) is 6.24. The molecule has 0 radical (unpaired) electrons. The minimum absolute atomic E-state index is 0.00362. The Morgan fingerprint density at radius 3 is 2.26 bits per heavy atom. The lowest BCUT2D eigenvalue weighted by molar-refractivity contribution is 0.104. The van der Waals surface area contributed by atoms with Gasteiger partial charge in [-0.25, -0.2) is 0 Å². The van der Waals surface area contributed by atoms with Gasteiger partial charge in [0.15, 0.2) is 5.78 Å². The summed E-state index contributed by atoms with van der Waals surface area (Å²) in [5.74, 6) is 0.00362. The van der Waals surface area contributed by atoms with Gasteiger partial charge in [0, 0.05) is 5.56 Å². The van der Waals surface area contributed by atoms with Crippen molar-refractivity contribution in [3.8, 4) is 0 Å². The maximum Gasteiger partial charge on any atom is 0.185 e. The van der Waals surface area contributed by atoms with Crippen LogP contribution in [-0.4, -0.2) is 12.4 Å². The maximum absolute atomic E-state index is 11.7. The third-order valence-corrected chi connectivity index (χ3v) is 2.65. The smallest absolute Gasteiger partial charge is 0.185 e. The summed E-state index contributed by atoms with van der Waals surface area (Å²) in [7, 11) is 0. The largest absolute Gasteiger partial charge is 0.373 e. The number of hydrogen-bond donors (Lipinski definition) is 0. The molecule has 2 aromatic rings. The van der Waals surface area contributed by atoms with E-state index >= 15 is 0 Å². The van der Waals surface area contributed by atoms with E-state index in [2.05, 4.69) is 0 Å². The summed E-state index contributed by atoms with van der Waals surface area (Å²) < 4.78 is 5.47. The van der Waals surface area contributed by atoms with Crippen LogP contribution in [0.25, 0.3) is 0 Å². The molecule has 0 aromatic heterocycles.